The van der Waals surface area contributed by atoms with Crippen molar-refractivity contribution in [3.05, 3.63) is 29.8 Å². The third-order valence-corrected chi connectivity index (χ3v) is 2.19. The number of amides is 2. The van der Waals surface area contributed by atoms with Crippen LogP contribution < -0.4 is 10.6 Å². The molecule has 0 heterocycles. The first-order valence-corrected chi connectivity index (χ1v) is 5.26. The van der Waals surface area contributed by atoms with Gasteiger partial charge >= 0.3 is 24.3 Å². The number of nitrogens with one attached hydrogen (secondary N) is 2. The van der Waals surface area contributed by atoms with Crippen LogP contribution in [0.2, 0.25) is 0 Å². The van der Waals surface area contributed by atoms with Crippen molar-refractivity contribution in [3.63, 3.8) is 0 Å². The van der Waals surface area contributed by atoms with Crippen molar-refractivity contribution in [1.82, 2.24) is 5.32 Å². The summed E-state index contributed by atoms with van der Waals surface area (Å²) in [5, 5.41) is 12.3. The van der Waals surface area contributed by atoms with Crippen LogP contribution in [0.5, 0.6) is 0 Å². The fraction of sp³-hybridized carbons (Fsp3) is 0.273. The number of aromatic carboxylic acids is 1. The molecule has 0 fully saturated rings. The van der Waals surface area contributed by atoms with Gasteiger partial charge in [0, 0.05) is 5.69 Å². The van der Waals surface area contributed by atoms with Crippen molar-refractivity contribution in [3.8, 4) is 0 Å². The van der Waals surface area contributed by atoms with Crippen LogP contribution in [0.3, 0.4) is 0 Å². The summed E-state index contributed by atoms with van der Waals surface area (Å²) < 4.78 is 48.7. The maximum atomic E-state index is 12.5. The summed E-state index contributed by atoms with van der Waals surface area (Å²) in [6.07, 6.45) is -3.88. The highest BCUT2D eigenvalue weighted by atomic mass is 19.3. The van der Waals surface area contributed by atoms with Crippen LogP contribution in [-0.2, 0) is 0 Å². The SMILES string of the molecule is O=C(NCC(F)(F)C(F)F)Nc1ccc(C(=O)O)cc1. The van der Waals surface area contributed by atoms with Gasteiger partial charge in [-0.15, -0.1) is 0 Å². The van der Waals surface area contributed by atoms with Crippen molar-refractivity contribution in [2.45, 2.75) is 12.3 Å². The Hall–Kier alpha value is -2.32. The number of benzene rings is 1. The molecule has 0 aromatic heterocycles. The van der Waals surface area contributed by atoms with Gasteiger partial charge in [-0.2, -0.15) is 8.78 Å². The van der Waals surface area contributed by atoms with Gasteiger partial charge in [-0.1, -0.05) is 0 Å². The average molecular weight is 294 g/mol. The van der Waals surface area contributed by atoms with Crippen LogP contribution in [0.4, 0.5) is 28.0 Å². The van der Waals surface area contributed by atoms with Gasteiger partial charge in [0.1, 0.15) is 0 Å². The Balaban J connectivity index is 2.52. The molecule has 9 heteroatoms. The third kappa shape index (κ3) is 4.41. The molecule has 2 amide bonds. The molecule has 0 unspecified atom stereocenters. The van der Waals surface area contributed by atoms with E-state index in [4.69, 9.17) is 5.11 Å². The number of hydrogen-bond donors (Lipinski definition) is 3. The minimum Gasteiger partial charge on any atom is -0.478 e. The van der Waals surface area contributed by atoms with E-state index in [1.807, 2.05) is 0 Å². The summed E-state index contributed by atoms with van der Waals surface area (Å²) in [6, 6.07) is 3.73. The van der Waals surface area contributed by atoms with E-state index < -0.39 is 30.9 Å². The summed E-state index contributed by atoms with van der Waals surface area (Å²) in [5.74, 6) is -5.48. The second-order valence-corrected chi connectivity index (χ2v) is 3.75. The quantitative estimate of drug-likeness (QED) is 0.730. The summed E-state index contributed by atoms with van der Waals surface area (Å²) in [6.45, 7) is -1.51. The van der Waals surface area contributed by atoms with E-state index in [1.54, 1.807) is 5.32 Å². The van der Waals surface area contributed by atoms with Gasteiger partial charge in [0.2, 0.25) is 0 Å². The molecule has 1 aromatic carbocycles. The molecule has 5 nitrogen and oxygen atoms in total. The van der Waals surface area contributed by atoms with E-state index in [-0.39, 0.29) is 11.3 Å². The number of anilines is 1. The molecule has 0 bridgehead atoms. The van der Waals surface area contributed by atoms with E-state index in [9.17, 15) is 27.2 Å². The topological polar surface area (TPSA) is 78.4 Å². The number of carboxylic acid groups (broad SMARTS) is 1. The Kier molecular flexibility index (Phi) is 4.89. The summed E-state index contributed by atoms with van der Waals surface area (Å²) in [4.78, 5) is 21.7. The highest BCUT2D eigenvalue weighted by molar-refractivity contribution is 5.91. The highest BCUT2D eigenvalue weighted by Gasteiger charge is 2.40. The number of carbonyl (C=O) groups is 2. The fourth-order valence-electron chi connectivity index (χ4n) is 1.15. The lowest BCUT2D eigenvalue weighted by molar-refractivity contribution is -0.123. The Morgan fingerprint density at radius 1 is 1.20 bits per heavy atom. The van der Waals surface area contributed by atoms with Crippen LogP contribution in [0.25, 0.3) is 0 Å². The summed E-state index contributed by atoms with van der Waals surface area (Å²) in [5.41, 5.74) is 0.105. The second-order valence-electron chi connectivity index (χ2n) is 3.75. The predicted molar refractivity (Wildman–Crippen MR) is 61.4 cm³/mol. The molecule has 0 spiro atoms. The number of hydrogen-bond acceptors (Lipinski definition) is 2. The third-order valence-electron chi connectivity index (χ3n) is 2.19. The first-order chi connectivity index (χ1) is 9.22. The number of halogens is 4. The Bertz CT molecular complexity index is 491. The van der Waals surface area contributed by atoms with Gasteiger partial charge in [-0.05, 0) is 24.3 Å². The first-order valence-electron chi connectivity index (χ1n) is 5.26. The van der Waals surface area contributed by atoms with Gasteiger partial charge < -0.3 is 15.7 Å². The maximum Gasteiger partial charge on any atom is 0.335 e. The molecule has 0 atom stereocenters. The van der Waals surface area contributed by atoms with Crippen molar-refractivity contribution in [2.75, 3.05) is 11.9 Å². The van der Waals surface area contributed by atoms with Crippen LogP contribution in [0, 0.1) is 0 Å². The van der Waals surface area contributed by atoms with Crippen LogP contribution in [0.15, 0.2) is 24.3 Å². The van der Waals surface area contributed by atoms with E-state index in [0.29, 0.717) is 0 Å². The molecule has 0 aliphatic rings. The largest absolute Gasteiger partial charge is 0.478 e. The monoisotopic (exact) mass is 294 g/mol. The number of alkyl halides is 4. The zero-order valence-corrected chi connectivity index (χ0v) is 9.87. The maximum absolute atomic E-state index is 12.5. The number of rotatable bonds is 5. The van der Waals surface area contributed by atoms with Crippen LogP contribution in [0.1, 0.15) is 10.4 Å². The van der Waals surface area contributed by atoms with Gasteiger partial charge in [0.25, 0.3) is 0 Å². The Morgan fingerprint density at radius 2 is 1.75 bits per heavy atom. The first kappa shape index (κ1) is 15.7. The summed E-state index contributed by atoms with van der Waals surface area (Å²) >= 11 is 0. The smallest absolute Gasteiger partial charge is 0.335 e. The van der Waals surface area contributed by atoms with E-state index >= 15 is 0 Å². The van der Waals surface area contributed by atoms with Gasteiger partial charge in [0.05, 0.1) is 12.1 Å². The molecule has 20 heavy (non-hydrogen) atoms. The zero-order chi connectivity index (χ0) is 15.3. The molecule has 1 rings (SSSR count). The molecular formula is C11H10F4N2O3. The van der Waals surface area contributed by atoms with E-state index in [1.165, 1.54) is 24.3 Å². The zero-order valence-electron chi connectivity index (χ0n) is 9.87. The van der Waals surface area contributed by atoms with Crippen LogP contribution >= 0.6 is 0 Å². The number of carbonyl (C=O) groups excluding carboxylic acids is 1. The van der Waals surface area contributed by atoms with Crippen LogP contribution in [-0.4, -0.2) is 36.0 Å². The lowest BCUT2D eigenvalue weighted by Crippen LogP contribution is -2.42. The summed E-state index contributed by atoms with van der Waals surface area (Å²) in [7, 11) is 0. The van der Waals surface area contributed by atoms with Gasteiger partial charge in [-0.3, -0.25) is 0 Å². The highest BCUT2D eigenvalue weighted by Crippen LogP contribution is 2.21. The molecule has 0 aliphatic carbocycles. The number of urea groups is 1. The molecule has 0 saturated carbocycles. The second kappa shape index (κ2) is 6.22. The molecule has 0 saturated heterocycles. The van der Waals surface area contributed by atoms with E-state index in [2.05, 4.69) is 5.32 Å². The minimum absolute atomic E-state index is 0.0276. The van der Waals surface area contributed by atoms with E-state index in [0.717, 1.165) is 0 Å². The van der Waals surface area contributed by atoms with Crippen molar-refractivity contribution in [2.24, 2.45) is 0 Å². The molecule has 110 valence electrons. The molecule has 1 aromatic rings. The normalized spacial score (nSPS) is 11.2. The minimum atomic E-state index is -4.31. The standard InChI is InChI=1S/C11H10F4N2O3/c12-9(13)11(14,15)5-16-10(20)17-7-3-1-6(2-4-7)8(18)19/h1-4,9H,5H2,(H,18,19)(H2,16,17,20). The lowest BCUT2D eigenvalue weighted by atomic mass is 10.2. The molecule has 0 radical (unpaired) electrons. The van der Waals surface area contributed by atoms with Gasteiger partial charge in [0.15, 0.2) is 0 Å². The molecule has 0 aliphatic heterocycles. The molecule has 3 N–H and O–H groups in total. The van der Waals surface area contributed by atoms with Crippen molar-refractivity contribution >= 4 is 17.7 Å². The molecular weight excluding hydrogens is 284 g/mol. The number of carboxylic acids is 1. The lowest BCUT2D eigenvalue weighted by Gasteiger charge is -2.16. The fourth-order valence-corrected chi connectivity index (χ4v) is 1.15. The van der Waals surface area contributed by atoms with Crippen molar-refractivity contribution < 1.29 is 32.3 Å². The Labute approximate surface area is 110 Å². The average Bonchev–Trinajstić information content (AvgIpc) is 2.37. The van der Waals surface area contributed by atoms with Gasteiger partial charge in [-0.25, -0.2) is 18.4 Å². The Morgan fingerprint density at radius 3 is 2.20 bits per heavy atom. The van der Waals surface area contributed by atoms with Crippen molar-refractivity contribution in [1.29, 1.82) is 0 Å². The predicted octanol–water partition coefficient (Wildman–Crippen LogP) is 2.41.